The number of aryl methyl sites for hydroxylation is 1. The molecule has 92 valence electrons. The largest absolute Gasteiger partial charge is 0.323 e. The molecule has 0 aliphatic rings. The molecule has 4 nitrogen and oxygen atoms in total. The van der Waals surface area contributed by atoms with E-state index in [1.165, 1.54) is 0 Å². The molecule has 0 saturated heterocycles. The van der Waals surface area contributed by atoms with E-state index in [-0.39, 0.29) is 5.91 Å². The summed E-state index contributed by atoms with van der Waals surface area (Å²) in [4.78, 5) is 16.0. The lowest BCUT2D eigenvalue weighted by Gasteiger charge is -2.13. The van der Waals surface area contributed by atoms with Crippen LogP contribution in [0.4, 0.5) is 5.69 Å². The van der Waals surface area contributed by atoms with Gasteiger partial charge in [0.25, 0.3) is 0 Å². The standard InChI is InChI=1S/C14H15N3O/c1-10-7-8-16-9-12(10)17-14(18)13(15)11-5-3-2-4-6-11/h2-9,13H,15H2,1H3,(H,17,18)/t13-/m0/s1. The number of anilines is 1. The van der Waals surface area contributed by atoms with Gasteiger partial charge in [-0.2, -0.15) is 0 Å². The molecule has 2 rings (SSSR count). The lowest BCUT2D eigenvalue weighted by Crippen LogP contribution is -2.28. The number of hydrogen-bond donors (Lipinski definition) is 2. The topological polar surface area (TPSA) is 68.0 Å². The molecular formula is C14H15N3O. The molecule has 2 aromatic rings. The predicted octanol–water partition coefficient (Wildman–Crippen LogP) is 2.03. The maximum absolute atomic E-state index is 12.0. The van der Waals surface area contributed by atoms with Crippen LogP contribution in [0.3, 0.4) is 0 Å². The van der Waals surface area contributed by atoms with Gasteiger partial charge < -0.3 is 11.1 Å². The van der Waals surface area contributed by atoms with E-state index in [0.29, 0.717) is 5.69 Å². The zero-order valence-corrected chi connectivity index (χ0v) is 10.1. The molecule has 18 heavy (non-hydrogen) atoms. The van der Waals surface area contributed by atoms with Gasteiger partial charge in [0.15, 0.2) is 0 Å². The summed E-state index contributed by atoms with van der Waals surface area (Å²) in [6.07, 6.45) is 3.30. The van der Waals surface area contributed by atoms with E-state index < -0.39 is 6.04 Å². The van der Waals surface area contributed by atoms with Gasteiger partial charge >= 0.3 is 0 Å². The number of amides is 1. The Hall–Kier alpha value is -2.20. The summed E-state index contributed by atoms with van der Waals surface area (Å²) >= 11 is 0. The van der Waals surface area contributed by atoms with Crippen LogP contribution in [0.1, 0.15) is 17.2 Å². The van der Waals surface area contributed by atoms with Crippen LogP contribution >= 0.6 is 0 Å². The van der Waals surface area contributed by atoms with Crippen molar-refractivity contribution in [2.75, 3.05) is 5.32 Å². The fourth-order valence-corrected chi connectivity index (χ4v) is 1.62. The molecule has 0 radical (unpaired) electrons. The Bertz CT molecular complexity index is 540. The van der Waals surface area contributed by atoms with Gasteiger partial charge in [0.2, 0.25) is 5.91 Å². The predicted molar refractivity (Wildman–Crippen MR) is 71.0 cm³/mol. The first kappa shape index (κ1) is 12.3. The number of nitrogens with two attached hydrogens (primary N) is 1. The molecular weight excluding hydrogens is 226 g/mol. The zero-order valence-electron chi connectivity index (χ0n) is 10.1. The second-order valence-electron chi connectivity index (χ2n) is 4.07. The molecule has 1 aromatic carbocycles. The summed E-state index contributed by atoms with van der Waals surface area (Å²) in [5.74, 6) is -0.239. The zero-order chi connectivity index (χ0) is 13.0. The van der Waals surface area contributed by atoms with Gasteiger partial charge in [-0.1, -0.05) is 30.3 Å². The number of nitrogens with one attached hydrogen (secondary N) is 1. The number of pyridine rings is 1. The third-order valence-electron chi connectivity index (χ3n) is 2.74. The highest BCUT2D eigenvalue weighted by Crippen LogP contribution is 2.15. The minimum absolute atomic E-state index is 0.239. The lowest BCUT2D eigenvalue weighted by molar-refractivity contribution is -0.117. The number of nitrogens with zero attached hydrogens (tertiary/aromatic N) is 1. The Kier molecular flexibility index (Phi) is 3.69. The van der Waals surface area contributed by atoms with Crippen molar-refractivity contribution in [3.05, 3.63) is 59.9 Å². The molecule has 0 fully saturated rings. The minimum Gasteiger partial charge on any atom is -0.323 e. The number of benzene rings is 1. The number of carbonyl (C=O) groups excluding carboxylic acids is 1. The fourth-order valence-electron chi connectivity index (χ4n) is 1.62. The van der Waals surface area contributed by atoms with Crippen LogP contribution in [0.2, 0.25) is 0 Å². The Morgan fingerprint density at radius 1 is 1.28 bits per heavy atom. The Labute approximate surface area is 106 Å². The van der Waals surface area contributed by atoms with E-state index in [1.807, 2.05) is 43.3 Å². The lowest BCUT2D eigenvalue weighted by atomic mass is 10.1. The van der Waals surface area contributed by atoms with Crippen LogP contribution < -0.4 is 11.1 Å². The average molecular weight is 241 g/mol. The van der Waals surface area contributed by atoms with E-state index in [0.717, 1.165) is 11.1 Å². The first-order valence-electron chi connectivity index (χ1n) is 5.70. The first-order valence-corrected chi connectivity index (χ1v) is 5.70. The minimum atomic E-state index is -0.675. The fraction of sp³-hybridized carbons (Fsp3) is 0.143. The first-order chi connectivity index (χ1) is 8.68. The van der Waals surface area contributed by atoms with Gasteiger partial charge in [0.1, 0.15) is 6.04 Å². The van der Waals surface area contributed by atoms with E-state index in [2.05, 4.69) is 10.3 Å². The van der Waals surface area contributed by atoms with Crippen molar-refractivity contribution in [2.24, 2.45) is 5.73 Å². The highest BCUT2D eigenvalue weighted by atomic mass is 16.2. The maximum atomic E-state index is 12.0. The molecule has 0 saturated carbocycles. The summed E-state index contributed by atoms with van der Waals surface area (Å²) in [5.41, 5.74) is 8.34. The van der Waals surface area contributed by atoms with Crippen molar-refractivity contribution in [2.45, 2.75) is 13.0 Å². The van der Waals surface area contributed by atoms with Crippen LogP contribution in [0, 0.1) is 6.92 Å². The molecule has 1 amide bonds. The Morgan fingerprint density at radius 2 is 2.00 bits per heavy atom. The molecule has 0 aliphatic heterocycles. The summed E-state index contributed by atoms with van der Waals surface area (Å²) in [5, 5.41) is 2.78. The molecule has 4 heteroatoms. The van der Waals surface area contributed by atoms with Crippen molar-refractivity contribution in [1.29, 1.82) is 0 Å². The van der Waals surface area contributed by atoms with Crippen molar-refractivity contribution in [3.63, 3.8) is 0 Å². The molecule has 0 spiro atoms. The van der Waals surface area contributed by atoms with Crippen molar-refractivity contribution >= 4 is 11.6 Å². The van der Waals surface area contributed by atoms with Crippen LogP contribution in [0.25, 0.3) is 0 Å². The normalized spacial score (nSPS) is 11.9. The summed E-state index contributed by atoms with van der Waals surface area (Å²) in [7, 11) is 0. The van der Waals surface area contributed by atoms with E-state index in [9.17, 15) is 4.79 Å². The molecule has 1 aromatic heterocycles. The maximum Gasteiger partial charge on any atom is 0.245 e. The van der Waals surface area contributed by atoms with E-state index in [4.69, 9.17) is 5.73 Å². The molecule has 0 bridgehead atoms. The van der Waals surface area contributed by atoms with E-state index in [1.54, 1.807) is 12.4 Å². The second kappa shape index (κ2) is 5.42. The van der Waals surface area contributed by atoms with Crippen LogP contribution in [-0.4, -0.2) is 10.9 Å². The number of rotatable bonds is 3. The third kappa shape index (κ3) is 2.73. The number of aromatic nitrogens is 1. The van der Waals surface area contributed by atoms with Gasteiger partial charge in [-0.05, 0) is 24.1 Å². The van der Waals surface area contributed by atoms with Gasteiger partial charge in [0, 0.05) is 6.20 Å². The van der Waals surface area contributed by atoms with E-state index >= 15 is 0 Å². The van der Waals surface area contributed by atoms with Crippen LogP contribution in [-0.2, 0) is 4.79 Å². The SMILES string of the molecule is Cc1ccncc1NC(=O)[C@@H](N)c1ccccc1. The smallest absolute Gasteiger partial charge is 0.245 e. The van der Waals surface area contributed by atoms with Crippen LogP contribution in [0.5, 0.6) is 0 Å². The van der Waals surface area contributed by atoms with Gasteiger partial charge in [-0.3, -0.25) is 9.78 Å². The third-order valence-corrected chi connectivity index (χ3v) is 2.74. The Morgan fingerprint density at radius 3 is 2.67 bits per heavy atom. The molecule has 1 atom stereocenters. The van der Waals surface area contributed by atoms with Gasteiger partial charge in [-0.15, -0.1) is 0 Å². The molecule has 3 N–H and O–H groups in total. The highest BCUT2D eigenvalue weighted by Gasteiger charge is 2.16. The summed E-state index contributed by atoms with van der Waals surface area (Å²) in [6, 6.07) is 10.4. The summed E-state index contributed by atoms with van der Waals surface area (Å²) < 4.78 is 0. The number of carbonyl (C=O) groups is 1. The average Bonchev–Trinajstić information content (AvgIpc) is 2.41. The quantitative estimate of drug-likeness (QED) is 0.864. The molecule has 0 unspecified atom stereocenters. The summed E-state index contributed by atoms with van der Waals surface area (Å²) in [6.45, 7) is 1.91. The van der Waals surface area contributed by atoms with Gasteiger partial charge in [0.05, 0.1) is 11.9 Å². The van der Waals surface area contributed by atoms with Crippen molar-refractivity contribution in [3.8, 4) is 0 Å². The Balaban J connectivity index is 2.12. The monoisotopic (exact) mass is 241 g/mol. The van der Waals surface area contributed by atoms with Gasteiger partial charge in [-0.25, -0.2) is 0 Å². The van der Waals surface area contributed by atoms with Crippen molar-refractivity contribution < 1.29 is 4.79 Å². The van der Waals surface area contributed by atoms with Crippen LogP contribution in [0.15, 0.2) is 48.8 Å². The molecule has 1 heterocycles. The second-order valence-corrected chi connectivity index (χ2v) is 4.07. The number of hydrogen-bond acceptors (Lipinski definition) is 3. The highest BCUT2D eigenvalue weighted by molar-refractivity contribution is 5.95. The van der Waals surface area contributed by atoms with Crippen molar-refractivity contribution in [1.82, 2.24) is 4.98 Å². The molecule has 0 aliphatic carbocycles.